The first-order chi connectivity index (χ1) is 15.8. The van der Waals surface area contributed by atoms with Crippen LogP contribution in [0.4, 0.5) is 10.1 Å². The highest BCUT2D eigenvalue weighted by molar-refractivity contribution is 6.15. The van der Waals surface area contributed by atoms with E-state index in [9.17, 15) is 23.6 Å². The van der Waals surface area contributed by atoms with Crippen LogP contribution in [-0.4, -0.2) is 41.1 Å². The second kappa shape index (κ2) is 7.77. The van der Waals surface area contributed by atoms with Crippen molar-refractivity contribution in [1.82, 2.24) is 10.2 Å². The van der Waals surface area contributed by atoms with Crippen molar-refractivity contribution < 1.29 is 23.6 Å². The van der Waals surface area contributed by atoms with Crippen LogP contribution >= 0.6 is 0 Å². The van der Waals surface area contributed by atoms with Gasteiger partial charge in [0.15, 0.2) is 0 Å². The van der Waals surface area contributed by atoms with Crippen molar-refractivity contribution >= 4 is 29.3 Å². The minimum absolute atomic E-state index is 0.0138. The molecule has 4 N–H and O–H groups in total. The number of nitrogens with one attached hydrogen (secondary N) is 2. The summed E-state index contributed by atoms with van der Waals surface area (Å²) in [6.07, 6.45) is 0.642. The summed E-state index contributed by atoms with van der Waals surface area (Å²) in [5, 5.41) is 5.88. The third-order valence-electron chi connectivity index (χ3n) is 6.94. The van der Waals surface area contributed by atoms with Gasteiger partial charge in [0.1, 0.15) is 11.4 Å². The number of hydrogen-bond donors (Lipinski definition) is 3. The minimum atomic E-state index is -1.58. The molecule has 1 spiro atoms. The van der Waals surface area contributed by atoms with E-state index in [0.717, 1.165) is 5.56 Å². The summed E-state index contributed by atoms with van der Waals surface area (Å²) < 4.78 is 14.2. The van der Waals surface area contributed by atoms with E-state index in [1.807, 2.05) is 30.3 Å². The highest BCUT2D eigenvalue weighted by Crippen LogP contribution is 2.53. The highest BCUT2D eigenvalue weighted by Gasteiger charge is 2.70. The van der Waals surface area contributed by atoms with Crippen molar-refractivity contribution in [3.05, 3.63) is 65.5 Å². The van der Waals surface area contributed by atoms with E-state index in [1.165, 1.54) is 23.1 Å². The molecule has 3 aliphatic heterocycles. The number of carbonyl (C=O) groups excluding carboxylic acids is 4. The Balaban J connectivity index is 1.53. The smallest absolute Gasteiger partial charge is 0.250 e. The Bertz CT molecular complexity index is 1170. The van der Waals surface area contributed by atoms with Crippen molar-refractivity contribution in [2.45, 2.75) is 30.8 Å². The van der Waals surface area contributed by atoms with Gasteiger partial charge in [-0.25, -0.2) is 4.39 Å². The van der Waals surface area contributed by atoms with Crippen LogP contribution in [0.15, 0.2) is 48.5 Å². The number of primary amides is 1. The van der Waals surface area contributed by atoms with Crippen LogP contribution in [0.3, 0.4) is 0 Å². The first-order valence-corrected chi connectivity index (χ1v) is 10.9. The quantitative estimate of drug-likeness (QED) is 0.568. The number of halogens is 1. The van der Waals surface area contributed by atoms with E-state index in [-0.39, 0.29) is 19.4 Å². The second-order valence-corrected chi connectivity index (χ2v) is 8.78. The van der Waals surface area contributed by atoms with Gasteiger partial charge in [-0.1, -0.05) is 30.3 Å². The van der Waals surface area contributed by atoms with Gasteiger partial charge in [0.05, 0.1) is 11.8 Å². The molecule has 2 aromatic carbocycles. The number of hydrogen-bond acceptors (Lipinski definition) is 5. The second-order valence-electron chi connectivity index (χ2n) is 8.78. The zero-order valence-corrected chi connectivity index (χ0v) is 17.7. The molecule has 0 radical (unpaired) electrons. The van der Waals surface area contributed by atoms with Gasteiger partial charge in [0, 0.05) is 30.3 Å². The van der Waals surface area contributed by atoms with E-state index >= 15 is 0 Å². The van der Waals surface area contributed by atoms with Crippen molar-refractivity contribution in [2.24, 2.45) is 17.6 Å². The van der Waals surface area contributed by atoms with Gasteiger partial charge < -0.3 is 11.1 Å². The topological polar surface area (TPSA) is 122 Å². The fraction of sp³-hybridized carbons (Fsp3) is 0.333. The Labute approximate surface area is 189 Å². The molecule has 33 heavy (non-hydrogen) atoms. The van der Waals surface area contributed by atoms with Crippen LogP contribution in [0.5, 0.6) is 0 Å². The third-order valence-corrected chi connectivity index (χ3v) is 6.94. The number of likely N-dealkylation sites (tertiary alicyclic amines) is 1. The first kappa shape index (κ1) is 21.3. The summed E-state index contributed by atoms with van der Waals surface area (Å²) in [7, 11) is 0. The summed E-state index contributed by atoms with van der Waals surface area (Å²) in [6.45, 7) is 0.172. The lowest BCUT2D eigenvalue weighted by molar-refractivity contribution is -0.142. The molecule has 0 unspecified atom stereocenters. The molecule has 9 heteroatoms. The monoisotopic (exact) mass is 450 g/mol. The van der Waals surface area contributed by atoms with Crippen molar-refractivity contribution in [3.8, 4) is 0 Å². The highest BCUT2D eigenvalue weighted by atomic mass is 19.1. The maximum atomic E-state index is 14.2. The zero-order chi connectivity index (χ0) is 23.3. The van der Waals surface area contributed by atoms with Crippen molar-refractivity contribution in [3.63, 3.8) is 0 Å². The number of anilines is 1. The Morgan fingerprint density at radius 2 is 1.85 bits per heavy atom. The normalized spacial score (nSPS) is 27.7. The van der Waals surface area contributed by atoms with E-state index in [1.54, 1.807) is 0 Å². The fourth-order valence-electron chi connectivity index (χ4n) is 5.49. The molecule has 2 saturated heterocycles. The van der Waals surface area contributed by atoms with Gasteiger partial charge in [0.25, 0.3) is 0 Å². The largest absolute Gasteiger partial charge is 0.370 e. The lowest BCUT2D eigenvalue weighted by Gasteiger charge is -2.29. The van der Waals surface area contributed by atoms with Crippen molar-refractivity contribution in [2.75, 3.05) is 11.9 Å². The van der Waals surface area contributed by atoms with Crippen LogP contribution in [0.1, 0.15) is 24.0 Å². The van der Waals surface area contributed by atoms with E-state index < -0.39 is 52.9 Å². The predicted molar refractivity (Wildman–Crippen MR) is 116 cm³/mol. The van der Waals surface area contributed by atoms with Gasteiger partial charge in [-0.05, 0) is 36.6 Å². The van der Waals surface area contributed by atoms with Gasteiger partial charge in [-0.2, -0.15) is 0 Å². The van der Waals surface area contributed by atoms with Crippen LogP contribution in [0.2, 0.25) is 0 Å². The average Bonchev–Trinajstić information content (AvgIpc) is 3.37. The first-order valence-electron chi connectivity index (χ1n) is 10.9. The molecule has 3 aliphatic rings. The molecule has 0 saturated carbocycles. The molecule has 2 fully saturated rings. The number of benzene rings is 2. The predicted octanol–water partition coefficient (Wildman–Crippen LogP) is 1.05. The summed E-state index contributed by atoms with van der Waals surface area (Å²) in [6, 6.07) is 12.7. The third kappa shape index (κ3) is 3.22. The van der Waals surface area contributed by atoms with Crippen molar-refractivity contribution in [1.29, 1.82) is 0 Å². The number of nitrogens with zero attached hydrogens (tertiary/aromatic N) is 1. The average molecular weight is 450 g/mol. The van der Waals surface area contributed by atoms with E-state index in [2.05, 4.69) is 10.6 Å². The summed E-state index contributed by atoms with van der Waals surface area (Å²) in [5.74, 6) is -4.37. The Morgan fingerprint density at radius 3 is 2.58 bits per heavy atom. The molecular weight excluding hydrogens is 427 g/mol. The number of rotatable bonds is 6. The van der Waals surface area contributed by atoms with E-state index in [4.69, 9.17) is 5.73 Å². The Hall–Kier alpha value is -3.59. The minimum Gasteiger partial charge on any atom is -0.370 e. The number of fused-ring (bicyclic) bond motifs is 4. The SMILES string of the molecule is NC(=O)CC[C@H]1N[C@@]2(C(=O)Nc3ccc(F)cc32)[C@@H]2C(=O)N(CCc3ccccc3)C(=O)[C@@H]21. The standard InChI is InChI=1S/C24H23FN4O4/c25-14-6-7-16-15(12-14)24(23(33)27-16)20-19(17(28-24)8-9-18(26)30)21(31)29(22(20)32)11-10-13-4-2-1-3-5-13/h1-7,12,17,19-20,28H,8-11H2,(H2,26,30)(H,27,33)/t17-,19-,20+,24-/m1/s1. The van der Waals surface area contributed by atoms with E-state index in [0.29, 0.717) is 17.7 Å². The maximum Gasteiger partial charge on any atom is 0.250 e. The molecule has 2 aromatic rings. The summed E-state index contributed by atoms with van der Waals surface area (Å²) in [4.78, 5) is 52.9. The zero-order valence-electron chi connectivity index (χ0n) is 17.7. The molecular formula is C24H23FN4O4. The molecule has 0 aromatic heterocycles. The molecule has 5 rings (SSSR count). The maximum absolute atomic E-state index is 14.2. The fourth-order valence-corrected chi connectivity index (χ4v) is 5.49. The van der Waals surface area contributed by atoms with Gasteiger partial charge >= 0.3 is 0 Å². The number of carbonyl (C=O) groups is 4. The molecule has 4 amide bonds. The van der Waals surface area contributed by atoms with Gasteiger partial charge in [0.2, 0.25) is 23.6 Å². The van der Waals surface area contributed by atoms with Crippen LogP contribution < -0.4 is 16.4 Å². The molecule has 3 heterocycles. The molecule has 8 nitrogen and oxygen atoms in total. The molecule has 0 bridgehead atoms. The van der Waals surface area contributed by atoms with Crippen LogP contribution in [0.25, 0.3) is 0 Å². The molecule has 4 atom stereocenters. The van der Waals surface area contributed by atoms with Gasteiger partial charge in [-0.3, -0.25) is 29.4 Å². The van der Waals surface area contributed by atoms with Crippen LogP contribution in [-0.2, 0) is 31.1 Å². The molecule has 0 aliphatic carbocycles. The number of nitrogens with two attached hydrogens (primary N) is 1. The lowest BCUT2D eigenvalue weighted by Crippen LogP contribution is -2.53. The lowest BCUT2D eigenvalue weighted by atomic mass is 9.76. The Kier molecular flexibility index (Phi) is 5.01. The summed E-state index contributed by atoms with van der Waals surface area (Å²) in [5.41, 5.74) is 5.40. The molecule has 170 valence electrons. The van der Waals surface area contributed by atoms with Gasteiger partial charge in [-0.15, -0.1) is 0 Å². The van der Waals surface area contributed by atoms with Crippen LogP contribution in [0, 0.1) is 17.7 Å². The number of amides is 4. The summed E-state index contributed by atoms with van der Waals surface area (Å²) >= 11 is 0. The number of imide groups is 1. The Morgan fingerprint density at radius 1 is 1.09 bits per heavy atom.